The van der Waals surface area contributed by atoms with Crippen LogP contribution in [0.4, 0.5) is 0 Å². The number of imide groups is 1. The average molecular weight is 341 g/mol. The number of hydrogen-bond donors (Lipinski definition) is 1. The van der Waals surface area contributed by atoms with Crippen LogP contribution in [0.3, 0.4) is 0 Å². The number of pyridine rings is 1. The van der Waals surface area contributed by atoms with Gasteiger partial charge in [-0.05, 0) is 26.3 Å². The molecule has 8 heteroatoms. The molecule has 1 unspecified atom stereocenters. The average Bonchev–Trinajstić information content (AvgIpc) is 3.17. The summed E-state index contributed by atoms with van der Waals surface area (Å²) in [7, 11) is 1.80. The van der Waals surface area contributed by atoms with Gasteiger partial charge in [-0.2, -0.15) is 5.10 Å². The molecule has 2 aliphatic rings. The van der Waals surface area contributed by atoms with E-state index in [1.54, 1.807) is 22.7 Å². The first-order chi connectivity index (χ1) is 11.8. The fourth-order valence-corrected chi connectivity index (χ4v) is 3.98. The van der Waals surface area contributed by atoms with Crippen molar-refractivity contribution < 1.29 is 14.4 Å². The third-order valence-corrected chi connectivity index (χ3v) is 5.20. The summed E-state index contributed by atoms with van der Waals surface area (Å²) in [4.78, 5) is 43.0. The summed E-state index contributed by atoms with van der Waals surface area (Å²) < 4.78 is 1.67. The third-order valence-electron chi connectivity index (χ3n) is 5.20. The van der Waals surface area contributed by atoms with E-state index in [2.05, 4.69) is 15.4 Å². The number of hydrogen-bond acceptors (Lipinski definition) is 5. The highest BCUT2D eigenvalue weighted by atomic mass is 16.2. The molecule has 0 saturated carbocycles. The van der Waals surface area contributed by atoms with Crippen molar-refractivity contribution in [2.24, 2.45) is 12.5 Å². The van der Waals surface area contributed by atoms with Crippen molar-refractivity contribution in [3.63, 3.8) is 0 Å². The minimum absolute atomic E-state index is 0.143. The van der Waals surface area contributed by atoms with Crippen molar-refractivity contribution in [1.82, 2.24) is 25.0 Å². The van der Waals surface area contributed by atoms with Crippen molar-refractivity contribution in [2.75, 3.05) is 13.1 Å². The van der Waals surface area contributed by atoms with E-state index < -0.39 is 5.41 Å². The molecule has 2 aromatic rings. The van der Waals surface area contributed by atoms with E-state index in [1.165, 1.54) is 0 Å². The maximum absolute atomic E-state index is 13.1. The lowest BCUT2D eigenvalue weighted by Crippen LogP contribution is -2.36. The number of nitrogens with one attached hydrogen (secondary N) is 1. The smallest absolute Gasteiger partial charge is 0.254 e. The van der Waals surface area contributed by atoms with Gasteiger partial charge in [0.05, 0.1) is 22.1 Å². The minimum atomic E-state index is -0.766. The molecular formula is C17H19N5O3. The zero-order valence-corrected chi connectivity index (χ0v) is 14.4. The molecule has 2 fully saturated rings. The van der Waals surface area contributed by atoms with E-state index in [4.69, 9.17) is 0 Å². The molecule has 2 saturated heterocycles. The summed E-state index contributed by atoms with van der Waals surface area (Å²) in [6.45, 7) is 4.42. The van der Waals surface area contributed by atoms with Gasteiger partial charge in [0.2, 0.25) is 11.8 Å². The van der Waals surface area contributed by atoms with Crippen LogP contribution in [0.2, 0.25) is 0 Å². The number of nitrogens with zero attached hydrogens (tertiary/aromatic N) is 4. The van der Waals surface area contributed by atoms with Crippen LogP contribution >= 0.6 is 0 Å². The molecule has 0 bridgehead atoms. The SMILES string of the molecule is Cc1cc(C(=O)N2CCC3(CC(=O)NC3=O)C2)c2c(C)nn(C)c2n1. The molecule has 0 aliphatic carbocycles. The number of carbonyl (C=O) groups excluding carboxylic acids is 3. The van der Waals surface area contributed by atoms with E-state index in [1.807, 2.05) is 13.8 Å². The monoisotopic (exact) mass is 341 g/mol. The second-order valence-electron chi connectivity index (χ2n) is 7.03. The molecule has 4 heterocycles. The predicted molar refractivity (Wildman–Crippen MR) is 88.7 cm³/mol. The third kappa shape index (κ3) is 2.24. The van der Waals surface area contributed by atoms with Crippen LogP contribution in [-0.2, 0) is 16.6 Å². The summed E-state index contributed by atoms with van der Waals surface area (Å²) in [5, 5.41) is 7.47. The molecule has 4 rings (SSSR count). The Morgan fingerprint density at radius 1 is 1.32 bits per heavy atom. The largest absolute Gasteiger partial charge is 0.337 e. The van der Waals surface area contributed by atoms with Crippen LogP contribution in [0.15, 0.2) is 6.07 Å². The van der Waals surface area contributed by atoms with Gasteiger partial charge in [0.1, 0.15) is 0 Å². The van der Waals surface area contributed by atoms with Gasteiger partial charge >= 0.3 is 0 Å². The lowest BCUT2D eigenvalue weighted by Gasteiger charge is -2.21. The van der Waals surface area contributed by atoms with Gasteiger partial charge in [0.25, 0.3) is 5.91 Å². The normalized spacial score (nSPS) is 23.1. The van der Waals surface area contributed by atoms with Crippen LogP contribution in [-0.4, -0.2) is 50.5 Å². The van der Waals surface area contributed by atoms with E-state index in [9.17, 15) is 14.4 Å². The van der Waals surface area contributed by atoms with Crippen molar-refractivity contribution >= 4 is 28.8 Å². The zero-order chi connectivity index (χ0) is 17.9. The molecule has 1 N–H and O–H groups in total. The Morgan fingerprint density at radius 2 is 2.08 bits per heavy atom. The molecule has 2 aliphatic heterocycles. The molecule has 130 valence electrons. The van der Waals surface area contributed by atoms with Crippen LogP contribution in [0, 0.1) is 19.3 Å². The van der Waals surface area contributed by atoms with Gasteiger partial charge in [-0.1, -0.05) is 0 Å². The summed E-state index contributed by atoms with van der Waals surface area (Å²) in [5.74, 6) is -0.665. The zero-order valence-electron chi connectivity index (χ0n) is 14.4. The van der Waals surface area contributed by atoms with Crippen molar-refractivity contribution in [1.29, 1.82) is 0 Å². The van der Waals surface area contributed by atoms with E-state index in [-0.39, 0.29) is 30.7 Å². The Balaban J connectivity index is 1.72. The van der Waals surface area contributed by atoms with Crippen molar-refractivity contribution in [3.05, 3.63) is 23.0 Å². The lowest BCUT2D eigenvalue weighted by atomic mass is 9.85. The summed E-state index contributed by atoms with van der Waals surface area (Å²) >= 11 is 0. The topological polar surface area (TPSA) is 97.2 Å². The molecule has 1 spiro atoms. The first-order valence-corrected chi connectivity index (χ1v) is 8.25. The van der Waals surface area contributed by atoms with Gasteiger partial charge in [-0.25, -0.2) is 4.98 Å². The highest BCUT2D eigenvalue weighted by Crippen LogP contribution is 2.38. The van der Waals surface area contributed by atoms with Gasteiger partial charge < -0.3 is 4.90 Å². The van der Waals surface area contributed by atoms with E-state index in [0.29, 0.717) is 24.2 Å². The van der Waals surface area contributed by atoms with E-state index >= 15 is 0 Å². The van der Waals surface area contributed by atoms with Gasteiger partial charge in [0.15, 0.2) is 5.65 Å². The Morgan fingerprint density at radius 3 is 2.76 bits per heavy atom. The maximum atomic E-state index is 13.1. The quantitative estimate of drug-likeness (QED) is 0.760. The summed E-state index contributed by atoms with van der Waals surface area (Å²) in [6.07, 6.45) is 0.669. The van der Waals surface area contributed by atoms with Gasteiger partial charge in [0, 0.05) is 32.3 Å². The maximum Gasteiger partial charge on any atom is 0.254 e. The van der Waals surface area contributed by atoms with Crippen LogP contribution in [0.5, 0.6) is 0 Å². The Labute approximate surface area is 144 Å². The molecular weight excluding hydrogens is 322 g/mol. The Hall–Kier alpha value is -2.77. The Bertz CT molecular complexity index is 947. The predicted octanol–water partition coefficient (Wildman–Crippen LogP) is 0.464. The molecule has 1 atom stereocenters. The molecule has 0 aromatic carbocycles. The van der Waals surface area contributed by atoms with Gasteiger partial charge in [-0.15, -0.1) is 0 Å². The van der Waals surface area contributed by atoms with Gasteiger partial charge in [-0.3, -0.25) is 24.4 Å². The minimum Gasteiger partial charge on any atom is -0.337 e. The van der Waals surface area contributed by atoms with Crippen LogP contribution in [0.25, 0.3) is 11.0 Å². The van der Waals surface area contributed by atoms with E-state index in [0.717, 1.165) is 16.8 Å². The number of aryl methyl sites for hydroxylation is 3. The van der Waals surface area contributed by atoms with Crippen molar-refractivity contribution in [2.45, 2.75) is 26.7 Å². The Kier molecular flexibility index (Phi) is 3.22. The highest BCUT2D eigenvalue weighted by molar-refractivity contribution is 6.09. The first-order valence-electron chi connectivity index (χ1n) is 8.25. The fourth-order valence-electron chi connectivity index (χ4n) is 3.98. The lowest BCUT2D eigenvalue weighted by molar-refractivity contribution is -0.128. The standard InChI is InChI=1S/C17H19N5O3/c1-9-6-11(13-10(2)20-21(3)14(13)18-9)15(24)22-5-4-17(8-22)7-12(23)19-16(17)25/h6H,4-5,7-8H2,1-3H3,(H,19,23,25). The summed E-state index contributed by atoms with van der Waals surface area (Å²) in [5.41, 5.74) is 1.94. The number of amides is 3. The van der Waals surface area contributed by atoms with Crippen molar-refractivity contribution in [3.8, 4) is 0 Å². The number of rotatable bonds is 1. The molecule has 2 aromatic heterocycles. The number of aromatic nitrogens is 3. The molecule has 0 radical (unpaired) electrons. The number of carbonyl (C=O) groups is 3. The molecule has 3 amide bonds. The molecule has 25 heavy (non-hydrogen) atoms. The second kappa shape index (κ2) is 5.11. The highest BCUT2D eigenvalue weighted by Gasteiger charge is 2.52. The van der Waals surface area contributed by atoms with Crippen LogP contribution < -0.4 is 5.32 Å². The van der Waals surface area contributed by atoms with Crippen LogP contribution in [0.1, 0.15) is 34.6 Å². The first kappa shape index (κ1) is 15.7. The number of likely N-dealkylation sites (tertiary alicyclic amines) is 1. The second-order valence-corrected chi connectivity index (χ2v) is 7.03. The molecule has 8 nitrogen and oxygen atoms in total. The fraction of sp³-hybridized carbons (Fsp3) is 0.471. The summed E-state index contributed by atoms with van der Waals surface area (Å²) in [6, 6.07) is 1.77. The number of fused-ring (bicyclic) bond motifs is 1.